The lowest BCUT2D eigenvalue weighted by Gasteiger charge is -2.22. The number of methoxy groups -OCH3 is 1. The summed E-state index contributed by atoms with van der Waals surface area (Å²) >= 11 is 0. The number of aliphatic hydroxyl groups excluding tert-OH is 1. The number of hydrogen-bond donors (Lipinski definition) is 1. The van der Waals surface area contributed by atoms with Crippen LogP contribution in [0, 0.1) is 11.8 Å². The highest BCUT2D eigenvalue weighted by Crippen LogP contribution is 2.24. The zero-order chi connectivity index (χ0) is 12.1. The number of benzene rings is 1. The van der Waals surface area contributed by atoms with Crippen LogP contribution in [0.3, 0.4) is 0 Å². The molecular formula is C14H22O2. The molecule has 1 rings (SSSR count). The van der Waals surface area contributed by atoms with Crippen LogP contribution in [0.2, 0.25) is 0 Å². The lowest BCUT2D eigenvalue weighted by molar-refractivity contribution is 0.0721. The van der Waals surface area contributed by atoms with Gasteiger partial charge in [-0.15, -0.1) is 0 Å². The molecule has 1 aromatic carbocycles. The molecule has 0 aliphatic carbocycles. The maximum Gasteiger partial charge on any atom is 0.122 e. The highest BCUT2D eigenvalue weighted by molar-refractivity contribution is 5.33. The molecule has 0 bridgehead atoms. The van der Waals surface area contributed by atoms with Gasteiger partial charge in [-0.25, -0.2) is 0 Å². The fourth-order valence-corrected chi connectivity index (χ4v) is 2.00. The standard InChI is InChI=1S/C14H22O2/c1-10(2)14(15)11(3)9-12-7-5-6-8-13(12)16-4/h5-8,10-11,14-15H,9H2,1-4H3. The SMILES string of the molecule is COc1ccccc1CC(C)C(O)C(C)C. The van der Waals surface area contributed by atoms with Gasteiger partial charge < -0.3 is 9.84 Å². The Balaban J connectivity index is 2.72. The third-order valence-electron chi connectivity index (χ3n) is 3.00. The first-order valence-corrected chi connectivity index (χ1v) is 5.86. The molecule has 0 fully saturated rings. The Morgan fingerprint density at radius 3 is 2.38 bits per heavy atom. The van der Waals surface area contributed by atoms with E-state index in [9.17, 15) is 5.11 Å². The van der Waals surface area contributed by atoms with Crippen LogP contribution < -0.4 is 4.74 Å². The van der Waals surface area contributed by atoms with Gasteiger partial charge in [-0.3, -0.25) is 0 Å². The van der Waals surface area contributed by atoms with E-state index in [0.717, 1.165) is 17.7 Å². The first-order valence-electron chi connectivity index (χ1n) is 5.86. The molecule has 0 aliphatic rings. The Kier molecular flexibility index (Phi) is 4.81. The van der Waals surface area contributed by atoms with Crippen molar-refractivity contribution in [3.05, 3.63) is 29.8 Å². The molecule has 2 atom stereocenters. The minimum absolute atomic E-state index is 0.247. The maximum atomic E-state index is 9.98. The van der Waals surface area contributed by atoms with E-state index >= 15 is 0 Å². The fraction of sp³-hybridized carbons (Fsp3) is 0.571. The molecule has 0 aromatic heterocycles. The van der Waals surface area contributed by atoms with E-state index in [1.165, 1.54) is 0 Å². The van der Waals surface area contributed by atoms with Gasteiger partial charge in [-0.1, -0.05) is 39.0 Å². The molecule has 0 spiro atoms. The summed E-state index contributed by atoms with van der Waals surface area (Å²) < 4.78 is 5.30. The van der Waals surface area contributed by atoms with Crippen molar-refractivity contribution in [3.8, 4) is 5.75 Å². The van der Waals surface area contributed by atoms with Crippen molar-refractivity contribution in [1.82, 2.24) is 0 Å². The minimum atomic E-state index is -0.259. The Bertz CT molecular complexity index is 320. The molecule has 0 radical (unpaired) electrons. The van der Waals surface area contributed by atoms with Crippen LogP contribution in [0.15, 0.2) is 24.3 Å². The average Bonchev–Trinajstić information content (AvgIpc) is 2.28. The molecule has 2 nitrogen and oxygen atoms in total. The molecule has 2 unspecified atom stereocenters. The van der Waals surface area contributed by atoms with E-state index in [1.807, 2.05) is 32.0 Å². The van der Waals surface area contributed by atoms with Gasteiger partial charge in [0.15, 0.2) is 0 Å². The largest absolute Gasteiger partial charge is 0.496 e. The molecule has 0 amide bonds. The summed E-state index contributed by atoms with van der Waals surface area (Å²) in [7, 11) is 1.68. The molecule has 1 aromatic rings. The van der Waals surface area contributed by atoms with E-state index in [1.54, 1.807) is 7.11 Å². The Morgan fingerprint density at radius 2 is 1.81 bits per heavy atom. The van der Waals surface area contributed by atoms with Crippen LogP contribution in [0.5, 0.6) is 5.75 Å². The van der Waals surface area contributed by atoms with Gasteiger partial charge in [0.1, 0.15) is 5.75 Å². The lowest BCUT2D eigenvalue weighted by atomic mass is 9.89. The number of ether oxygens (including phenoxy) is 1. The minimum Gasteiger partial charge on any atom is -0.496 e. The van der Waals surface area contributed by atoms with E-state index in [-0.39, 0.29) is 12.0 Å². The summed E-state index contributed by atoms with van der Waals surface area (Å²) in [5, 5.41) is 9.98. The zero-order valence-electron chi connectivity index (χ0n) is 10.6. The second-order valence-corrected chi connectivity index (χ2v) is 4.73. The second-order valence-electron chi connectivity index (χ2n) is 4.73. The second kappa shape index (κ2) is 5.90. The number of para-hydroxylation sites is 1. The summed E-state index contributed by atoms with van der Waals surface area (Å²) in [6.45, 7) is 6.17. The Morgan fingerprint density at radius 1 is 1.19 bits per heavy atom. The fourth-order valence-electron chi connectivity index (χ4n) is 2.00. The maximum absolute atomic E-state index is 9.98. The number of aliphatic hydroxyl groups is 1. The predicted octanol–water partition coefficient (Wildman–Crippen LogP) is 2.89. The van der Waals surface area contributed by atoms with E-state index in [2.05, 4.69) is 13.0 Å². The molecule has 0 aliphatic heterocycles. The van der Waals surface area contributed by atoms with Crippen LogP contribution >= 0.6 is 0 Å². The quantitative estimate of drug-likeness (QED) is 0.830. The van der Waals surface area contributed by atoms with Crippen molar-refractivity contribution < 1.29 is 9.84 Å². The van der Waals surface area contributed by atoms with Crippen LogP contribution in [-0.4, -0.2) is 18.3 Å². The van der Waals surface area contributed by atoms with Crippen molar-refractivity contribution in [2.45, 2.75) is 33.3 Å². The van der Waals surface area contributed by atoms with E-state index < -0.39 is 0 Å². The topological polar surface area (TPSA) is 29.5 Å². The van der Waals surface area contributed by atoms with Gasteiger partial charge in [0.05, 0.1) is 13.2 Å². The van der Waals surface area contributed by atoms with Crippen molar-refractivity contribution in [1.29, 1.82) is 0 Å². The highest BCUT2D eigenvalue weighted by atomic mass is 16.5. The van der Waals surface area contributed by atoms with E-state index in [0.29, 0.717) is 5.92 Å². The molecule has 0 heterocycles. The van der Waals surface area contributed by atoms with Gasteiger partial charge in [-0.2, -0.15) is 0 Å². The number of rotatable bonds is 5. The van der Waals surface area contributed by atoms with Gasteiger partial charge in [0.2, 0.25) is 0 Å². The molecule has 2 heteroatoms. The molecule has 1 N–H and O–H groups in total. The lowest BCUT2D eigenvalue weighted by Crippen LogP contribution is -2.25. The highest BCUT2D eigenvalue weighted by Gasteiger charge is 2.19. The van der Waals surface area contributed by atoms with Crippen LogP contribution in [0.4, 0.5) is 0 Å². The third-order valence-corrected chi connectivity index (χ3v) is 3.00. The molecule has 0 saturated heterocycles. The van der Waals surface area contributed by atoms with Crippen molar-refractivity contribution in [2.75, 3.05) is 7.11 Å². The Labute approximate surface area is 98.3 Å². The third kappa shape index (κ3) is 3.24. The summed E-state index contributed by atoms with van der Waals surface area (Å²) in [4.78, 5) is 0. The smallest absolute Gasteiger partial charge is 0.122 e. The van der Waals surface area contributed by atoms with Crippen molar-refractivity contribution >= 4 is 0 Å². The van der Waals surface area contributed by atoms with Crippen LogP contribution in [0.1, 0.15) is 26.3 Å². The van der Waals surface area contributed by atoms with Crippen LogP contribution in [0.25, 0.3) is 0 Å². The first kappa shape index (κ1) is 13.0. The van der Waals surface area contributed by atoms with Crippen LogP contribution in [-0.2, 0) is 6.42 Å². The average molecular weight is 222 g/mol. The summed E-state index contributed by atoms with van der Waals surface area (Å²) in [5.74, 6) is 1.45. The van der Waals surface area contributed by atoms with Gasteiger partial charge >= 0.3 is 0 Å². The van der Waals surface area contributed by atoms with Crippen molar-refractivity contribution in [3.63, 3.8) is 0 Å². The van der Waals surface area contributed by atoms with Gasteiger partial charge in [-0.05, 0) is 29.9 Å². The normalized spacial score (nSPS) is 14.9. The predicted molar refractivity (Wildman–Crippen MR) is 66.7 cm³/mol. The molecular weight excluding hydrogens is 200 g/mol. The summed E-state index contributed by atoms with van der Waals surface area (Å²) in [6.07, 6.45) is 0.591. The Hall–Kier alpha value is -1.02. The van der Waals surface area contributed by atoms with E-state index in [4.69, 9.17) is 4.74 Å². The van der Waals surface area contributed by atoms with Gasteiger partial charge in [0, 0.05) is 0 Å². The number of hydrogen-bond acceptors (Lipinski definition) is 2. The summed E-state index contributed by atoms with van der Waals surface area (Å²) in [5.41, 5.74) is 1.16. The summed E-state index contributed by atoms with van der Waals surface area (Å²) in [6, 6.07) is 7.99. The first-order chi connectivity index (χ1) is 7.56. The molecule has 16 heavy (non-hydrogen) atoms. The molecule has 90 valence electrons. The van der Waals surface area contributed by atoms with Gasteiger partial charge in [0.25, 0.3) is 0 Å². The molecule has 0 saturated carbocycles. The zero-order valence-corrected chi connectivity index (χ0v) is 10.6. The van der Waals surface area contributed by atoms with Crippen molar-refractivity contribution in [2.24, 2.45) is 11.8 Å². The monoisotopic (exact) mass is 222 g/mol.